The van der Waals surface area contributed by atoms with Crippen LogP contribution in [0.3, 0.4) is 0 Å². The Labute approximate surface area is 203 Å². The summed E-state index contributed by atoms with van der Waals surface area (Å²) in [7, 11) is 0. The Hall–Kier alpha value is -3.11. The van der Waals surface area contributed by atoms with Gasteiger partial charge in [-0.3, -0.25) is 4.79 Å². The molecular formula is C30H35NO3. The van der Waals surface area contributed by atoms with Crippen molar-refractivity contribution < 1.29 is 14.6 Å². The first kappa shape index (κ1) is 24.0. The third kappa shape index (κ3) is 5.87. The van der Waals surface area contributed by atoms with Gasteiger partial charge >= 0.3 is 5.97 Å². The molecule has 34 heavy (non-hydrogen) atoms. The summed E-state index contributed by atoms with van der Waals surface area (Å²) in [6.45, 7) is 4.89. The fourth-order valence-electron chi connectivity index (χ4n) is 5.25. The number of carbonyl (C=O) groups is 1. The molecule has 3 aromatic carbocycles. The molecule has 0 radical (unpaired) electrons. The van der Waals surface area contributed by atoms with Gasteiger partial charge in [0.1, 0.15) is 11.9 Å². The fourth-order valence-corrected chi connectivity index (χ4v) is 5.25. The van der Waals surface area contributed by atoms with E-state index < -0.39 is 0 Å². The predicted octanol–water partition coefficient (Wildman–Crippen LogP) is 5.53. The SMILES string of the molecule is CC[C@@]1(c2cccc(O)c2)CN(CCc2ccccc2)CCC[C@H]1OC(=O)Cc1ccccc1. The first-order chi connectivity index (χ1) is 16.6. The number of hydrogen-bond acceptors (Lipinski definition) is 4. The topological polar surface area (TPSA) is 49.8 Å². The molecule has 4 heteroatoms. The fraction of sp³-hybridized carbons (Fsp3) is 0.367. The molecule has 4 nitrogen and oxygen atoms in total. The zero-order valence-corrected chi connectivity index (χ0v) is 20.0. The second kappa shape index (κ2) is 11.3. The molecule has 0 aliphatic carbocycles. The summed E-state index contributed by atoms with van der Waals surface area (Å²) in [5.74, 6) is 0.0617. The minimum atomic E-state index is -0.377. The van der Waals surface area contributed by atoms with Crippen molar-refractivity contribution in [1.82, 2.24) is 4.90 Å². The van der Waals surface area contributed by atoms with Gasteiger partial charge in [0.25, 0.3) is 0 Å². The number of likely N-dealkylation sites (tertiary alicyclic amines) is 1. The molecular weight excluding hydrogens is 422 g/mol. The Balaban J connectivity index is 1.58. The number of benzene rings is 3. The van der Waals surface area contributed by atoms with E-state index >= 15 is 0 Å². The highest BCUT2D eigenvalue weighted by molar-refractivity contribution is 5.73. The number of aromatic hydroxyl groups is 1. The van der Waals surface area contributed by atoms with Gasteiger partial charge in [-0.25, -0.2) is 0 Å². The third-order valence-corrected chi connectivity index (χ3v) is 7.14. The van der Waals surface area contributed by atoms with Crippen molar-refractivity contribution in [3.8, 4) is 5.75 Å². The molecule has 0 bridgehead atoms. The van der Waals surface area contributed by atoms with Crippen molar-refractivity contribution in [2.75, 3.05) is 19.6 Å². The number of hydrogen-bond donors (Lipinski definition) is 1. The number of carbonyl (C=O) groups excluding carboxylic acids is 1. The van der Waals surface area contributed by atoms with Gasteiger partial charge in [-0.1, -0.05) is 79.7 Å². The minimum absolute atomic E-state index is 0.188. The molecule has 4 rings (SSSR count). The number of phenols is 1. The third-order valence-electron chi connectivity index (χ3n) is 7.14. The van der Waals surface area contributed by atoms with Gasteiger partial charge in [0.05, 0.1) is 6.42 Å². The summed E-state index contributed by atoms with van der Waals surface area (Å²) in [5, 5.41) is 10.3. The van der Waals surface area contributed by atoms with Gasteiger partial charge in [0.15, 0.2) is 0 Å². The van der Waals surface area contributed by atoms with Crippen LogP contribution in [0.4, 0.5) is 0 Å². The van der Waals surface area contributed by atoms with E-state index in [1.165, 1.54) is 5.56 Å². The maximum Gasteiger partial charge on any atom is 0.310 e. The molecule has 3 aromatic rings. The Morgan fingerprint density at radius 1 is 1.00 bits per heavy atom. The molecule has 0 spiro atoms. The van der Waals surface area contributed by atoms with Crippen molar-refractivity contribution >= 4 is 5.97 Å². The molecule has 1 N–H and O–H groups in total. The van der Waals surface area contributed by atoms with Crippen molar-refractivity contribution in [3.05, 3.63) is 102 Å². The largest absolute Gasteiger partial charge is 0.508 e. The van der Waals surface area contributed by atoms with Gasteiger partial charge in [-0.05, 0) is 61.1 Å². The van der Waals surface area contributed by atoms with Gasteiger partial charge in [-0.2, -0.15) is 0 Å². The molecule has 0 saturated carbocycles. The molecule has 1 aliphatic heterocycles. The summed E-state index contributed by atoms with van der Waals surface area (Å²) in [6.07, 6.45) is 3.62. The van der Waals surface area contributed by atoms with Crippen molar-refractivity contribution in [3.63, 3.8) is 0 Å². The van der Waals surface area contributed by atoms with Crippen molar-refractivity contribution in [2.24, 2.45) is 0 Å². The van der Waals surface area contributed by atoms with Crippen LogP contribution in [0.1, 0.15) is 42.9 Å². The maximum absolute atomic E-state index is 13.0. The van der Waals surface area contributed by atoms with Crippen LogP contribution in [0.2, 0.25) is 0 Å². The molecule has 0 amide bonds. The van der Waals surface area contributed by atoms with E-state index in [1.807, 2.05) is 48.5 Å². The van der Waals surface area contributed by atoms with Crippen molar-refractivity contribution in [1.29, 1.82) is 0 Å². The molecule has 1 heterocycles. The summed E-state index contributed by atoms with van der Waals surface area (Å²) >= 11 is 0. The summed E-state index contributed by atoms with van der Waals surface area (Å²) in [5.41, 5.74) is 2.96. The number of nitrogens with zero attached hydrogens (tertiary/aromatic N) is 1. The Morgan fingerprint density at radius 2 is 1.71 bits per heavy atom. The zero-order chi connectivity index (χ0) is 23.8. The minimum Gasteiger partial charge on any atom is -0.508 e. The summed E-state index contributed by atoms with van der Waals surface area (Å²) < 4.78 is 6.24. The average Bonchev–Trinajstić information content (AvgIpc) is 3.03. The molecule has 2 atom stereocenters. The average molecular weight is 458 g/mol. The van der Waals surface area contributed by atoms with Crippen LogP contribution in [0.25, 0.3) is 0 Å². The second-order valence-electron chi connectivity index (χ2n) is 9.35. The quantitative estimate of drug-likeness (QED) is 0.452. The maximum atomic E-state index is 13.0. The van der Waals surface area contributed by atoms with Crippen LogP contribution in [0.15, 0.2) is 84.9 Å². The number of ether oxygens (including phenoxy) is 1. The molecule has 0 unspecified atom stereocenters. The molecule has 1 saturated heterocycles. The summed E-state index contributed by atoms with van der Waals surface area (Å²) in [6, 6.07) is 27.9. The van der Waals surface area contributed by atoms with E-state index in [9.17, 15) is 9.90 Å². The smallest absolute Gasteiger partial charge is 0.310 e. The van der Waals surface area contributed by atoms with E-state index in [-0.39, 0.29) is 29.7 Å². The van der Waals surface area contributed by atoms with E-state index in [1.54, 1.807) is 6.07 Å². The van der Waals surface area contributed by atoms with E-state index in [0.717, 1.165) is 56.4 Å². The van der Waals surface area contributed by atoms with Crippen molar-refractivity contribution in [2.45, 2.75) is 50.5 Å². The first-order valence-corrected chi connectivity index (χ1v) is 12.4. The van der Waals surface area contributed by atoms with Crippen LogP contribution in [0.5, 0.6) is 5.75 Å². The Morgan fingerprint density at radius 3 is 2.38 bits per heavy atom. The lowest BCUT2D eigenvalue weighted by atomic mass is 9.72. The lowest BCUT2D eigenvalue weighted by molar-refractivity contribution is -0.152. The molecule has 1 fully saturated rings. The lowest BCUT2D eigenvalue weighted by Crippen LogP contribution is -2.48. The number of phenolic OH excluding ortho intramolecular Hbond substituents is 1. The molecule has 178 valence electrons. The number of esters is 1. The Bertz CT molecular complexity index is 1050. The highest BCUT2D eigenvalue weighted by atomic mass is 16.5. The molecule has 0 aromatic heterocycles. The highest BCUT2D eigenvalue weighted by Gasteiger charge is 2.44. The monoisotopic (exact) mass is 457 g/mol. The summed E-state index contributed by atoms with van der Waals surface area (Å²) in [4.78, 5) is 15.5. The first-order valence-electron chi connectivity index (χ1n) is 12.4. The lowest BCUT2D eigenvalue weighted by Gasteiger charge is -2.41. The van der Waals surface area contributed by atoms with Crippen LogP contribution < -0.4 is 0 Å². The zero-order valence-electron chi connectivity index (χ0n) is 20.0. The standard InChI is InChI=1S/C30H35NO3/c1-2-30(26-15-9-16-27(32)22-26)23-31(20-18-24-11-5-3-6-12-24)19-10-17-28(30)34-29(33)21-25-13-7-4-8-14-25/h3-9,11-16,22,28,32H,2,10,17-21,23H2,1H3/t28-,30+/m1/s1. The number of rotatable bonds is 8. The van der Waals surface area contributed by atoms with Gasteiger partial charge in [0, 0.05) is 18.5 Å². The van der Waals surface area contributed by atoms with Gasteiger partial charge in [0.2, 0.25) is 0 Å². The normalized spacial score (nSPS) is 21.0. The van der Waals surface area contributed by atoms with Crippen LogP contribution in [-0.4, -0.2) is 41.7 Å². The van der Waals surface area contributed by atoms with Gasteiger partial charge in [-0.15, -0.1) is 0 Å². The van der Waals surface area contributed by atoms with Crippen LogP contribution >= 0.6 is 0 Å². The molecule has 1 aliphatic rings. The predicted molar refractivity (Wildman–Crippen MR) is 136 cm³/mol. The van der Waals surface area contributed by atoms with E-state index in [2.05, 4.69) is 42.2 Å². The van der Waals surface area contributed by atoms with Gasteiger partial charge < -0.3 is 14.7 Å². The van der Waals surface area contributed by atoms with E-state index in [4.69, 9.17) is 4.74 Å². The second-order valence-corrected chi connectivity index (χ2v) is 9.35. The highest BCUT2D eigenvalue weighted by Crippen LogP contribution is 2.40. The van der Waals surface area contributed by atoms with E-state index in [0.29, 0.717) is 0 Å². The Kier molecular flexibility index (Phi) is 8.02. The van der Waals surface area contributed by atoms with Crippen LogP contribution in [-0.2, 0) is 27.8 Å². The van der Waals surface area contributed by atoms with Crippen LogP contribution in [0, 0.1) is 0 Å².